The fourth-order valence-corrected chi connectivity index (χ4v) is 1.76. The number of aliphatic hydroxyl groups excluding tert-OH is 1. The Hall–Kier alpha value is -2.41. The van der Waals surface area contributed by atoms with Gasteiger partial charge in [0.05, 0.1) is 37.1 Å². The van der Waals surface area contributed by atoms with Crippen LogP contribution >= 0.6 is 0 Å². The summed E-state index contributed by atoms with van der Waals surface area (Å²) in [5.74, 6) is 0. The van der Waals surface area contributed by atoms with E-state index in [-0.39, 0.29) is 12.3 Å². The lowest BCUT2D eigenvalue weighted by atomic mass is 10.2. The number of nitrogens with zero attached hydrogens (tertiary/aromatic N) is 3. The van der Waals surface area contributed by atoms with Gasteiger partial charge in [-0.1, -0.05) is 12.1 Å². The summed E-state index contributed by atoms with van der Waals surface area (Å²) < 4.78 is 6.80. The van der Waals surface area contributed by atoms with Crippen LogP contribution in [0.3, 0.4) is 0 Å². The van der Waals surface area contributed by atoms with Crippen LogP contribution in [0.25, 0.3) is 0 Å². The summed E-state index contributed by atoms with van der Waals surface area (Å²) in [6.45, 7) is 0.278. The van der Waals surface area contributed by atoms with Gasteiger partial charge in [-0.25, -0.2) is 4.98 Å². The van der Waals surface area contributed by atoms with Gasteiger partial charge in [-0.2, -0.15) is 0 Å². The Kier molecular flexibility index (Phi) is 3.76. The van der Waals surface area contributed by atoms with Crippen LogP contribution in [0.1, 0.15) is 11.3 Å². The van der Waals surface area contributed by atoms with Crippen LogP contribution in [0.4, 0.5) is 5.69 Å². The first-order valence-electron chi connectivity index (χ1n) is 5.58. The van der Waals surface area contributed by atoms with Crippen LogP contribution in [0.15, 0.2) is 30.5 Å². The van der Waals surface area contributed by atoms with Crippen molar-refractivity contribution in [3.63, 3.8) is 0 Å². The van der Waals surface area contributed by atoms with Crippen molar-refractivity contribution in [2.45, 2.75) is 13.2 Å². The van der Waals surface area contributed by atoms with Crippen molar-refractivity contribution in [1.82, 2.24) is 9.55 Å². The lowest BCUT2D eigenvalue weighted by molar-refractivity contribution is -0.384. The third-order valence-electron chi connectivity index (χ3n) is 2.73. The number of methoxy groups -OCH3 is 1. The van der Waals surface area contributed by atoms with Gasteiger partial charge in [0.2, 0.25) is 0 Å². The molecule has 2 aromatic rings. The highest BCUT2D eigenvalue weighted by molar-refractivity contribution is 5.33. The Morgan fingerprint density at radius 1 is 1.42 bits per heavy atom. The number of hydrogen-bond donors (Lipinski definition) is 1. The Bertz CT molecular complexity index is 556. The lowest BCUT2D eigenvalue weighted by Crippen LogP contribution is -2.06. The second-order valence-electron chi connectivity index (χ2n) is 3.90. The van der Waals surface area contributed by atoms with E-state index < -0.39 is 4.92 Å². The summed E-state index contributed by atoms with van der Waals surface area (Å²) in [6, 6.07) is 6.61. The van der Waals surface area contributed by atoms with Gasteiger partial charge < -0.3 is 9.84 Å². The van der Waals surface area contributed by atoms with Gasteiger partial charge >= 0.3 is 0 Å². The van der Waals surface area contributed by atoms with Crippen LogP contribution in [-0.4, -0.2) is 26.7 Å². The number of imidazole rings is 1. The van der Waals surface area contributed by atoms with Gasteiger partial charge in [0.25, 0.3) is 11.7 Å². The Labute approximate surface area is 109 Å². The zero-order valence-corrected chi connectivity index (χ0v) is 10.3. The van der Waals surface area contributed by atoms with Gasteiger partial charge in [-0.3, -0.25) is 14.7 Å². The van der Waals surface area contributed by atoms with Crippen LogP contribution in [0.2, 0.25) is 0 Å². The molecule has 0 fully saturated rings. The Balaban J connectivity index is 2.25. The first kappa shape index (κ1) is 13.0. The van der Waals surface area contributed by atoms with E-state index in [1.807, 2.05) is 0 Å². The third kappa shape index (κ3) is 2.71. The van der Waals surface area contributed by atoms with E-state index in [1.54, 1.807) is 16.7 Å². The van der Waals surface area contributed by atoms with Gasteiger partial charge in [0.1, 0.15) is 0 Å². The molecule has 0 aliphatic rings. The number of aromatic nitrogens is 2. The standard InChI is InChI=1S/C12H13N3O4/c1-19-12-13-6-11(8-16)14(12)7-9-2-4-10(5-3-9)15(17)18/h2-6,16H,7-8H2,1H3. The number of rotatable bonds is 5. The molecule has 0 atom stereocenters. The quantitative estimate of drug-likeness (QED) is 0.649. The number of nitro benzene ring substituents is 1. The molecule has 0 amide bonds. The summed E-state index contributed by atoms with van der Waals surface area (Å²) in [4.78, 5) is 14.1. The van der Waals surface area contributed by atoms with Gasteiger partial charge in [0.15, 0.2) is 0 Å². The van der Waals surface area contributed by atoms with Crippen LogP contribution in [0.5, 0.6) is 6.01 Å². The fraction of sp³-hybridized carbons (Fsp3) is 0.250. The number of ether oxygens (including phenoxy) is 1. The molecule has 0 radical (unpaired) electrons. The molecule has 0 saturated carbocycles. The van der Waals surface area contributed by atoms with Crippen LogP contribution < -0.4 is 4.74 Å². The first-order valence-corrected chi connectivity index (χ1v) is 5.58. The summed E-state index contributed by atoms with van der Waals surface area (Å²) >= 11 is 0. The van der Waals surface area contributed by atoms with E-state index in [4.69, 9.17) is 4.74 Å². The largest absolute Gasteiger partial charge is 0.468 e. The zero-order chi connectivity index (χ0) is 13.8. The van der Waals surface area contributed by atoms with Crippen molar-refractivity contribution in [2.75, 3.05) is 7.11 Å². The molecule has 7 heteroatoms. The minimum atomic E-state index is -0.444. The topological polar surface area (TPSA) is 90.4 Å². The molecule has 0 aliphatic heterocycles. The maximum atomic E-state index is 10.6. The minimum Gasteiger partial charge on any atom is -0.468 e. The minimum absolute atomic E-state index is 0.0451. The van der Waals surface area contributed by atoms with Crippen molar-refractivity contribution < 1.29 is 14.8 Å². The molecular formula is C12H13N3O4. The predicted molar refractivity (Wildman–Crippen MR) is 66.9 cm³/mol. The molecule has 0 saturated heterocycles. The summed E-state index contributed by atoms with van der Waals surface area (Å²) in [7, 11) is 1.50. The Morgan fingerprint density at radius 3 is 2.63 bits per heavy atom. The molecule has 0 unspecified atom stereocenters. The number of aliphatic hydroxyl groups is 1. The van der Waals surface area contributed by atoms with Crippen molar-refractivity contribution in [1.29, 1.82) is 0 Å². The molecule has 0 bridgehead atoms. The van der Waals surface area contributed by atoms with E-state index in [9.17, 15) is 15.2 Å². The van der Waals surface area contributed by atoms with Gasteiger partial charge in [-0.15, -0.1) is 0 Å². The lowest BCUT2D eigenvalue weighted by Gasteiger charge is -2.09. The Morgan fingerprint density at radius 2 is 2.11 bits per heavy atom. The highest BCUT2D eigenvalue weighted by Crippen LogP contribution is 2.18. The van der Waals surface area contributed by atoms with Crippen molar-refractivity contribution in [2.24, 2.45) is 0 Å². The van der Waals surface area contributed by atoms with Crippen LogP contribution in [0, 0.1) is 10.1 Å². The van der Waals surface area contributed by atoms with Crippen molar-refractivity contribution in [3.05, 3.63) is 51.8 Å². The van der Waals surface area contributed by atoms with E-state index in [0.29, 0.717) is 18.2 Å². The summed E-state index contributed by atoms with van der Waals surface area (Å²) in [6.07, 6.45) is 1.53. The molecule has 1 aromatic carbocycles. The molecule has 7 nitrogen and oxygen atoms in total. The number of benzene rings is 1. The number of non-ortho nitro benzene ring substituents is 1. The molecule has 1 N–H and O–H groups in total. The second-order valence-corrected chi connectivity index (χ2v) is 3.90. The van der Waals surface area contributed by atoms with E-state index >= 15 is 0 Å². The highest BCUT2D eigenvalue weighted by atomic mass is 16.6. The maximum Gasteiger partial charge on any atom is 0.296 e. The van der Waals surface area contributed by atoms with Crippen molar-refractivity contribution >= 4 is 5.69 Å². The van der Waals surface area contributed by atoms with Crippen LogP contribution in [-0.2, 0) is 13.2 Å². The average molecular weight is 263 g/mol. The van der Waals surface area contributed by atoms with Gasteiger partial charge in [-0.05, 0) is 5.56 Å². The molecule has 1 heterocycles. The summed E-state index contributed by atoms with van der Waals surface area (Å²) in [5.41, 5.74) is 1.52. The SMILES string of the molecule is COc1ncc(CO)n1Cc1ccc([N+](=O)[O-])cc1. The van der Waals surface area contributed by atoms with Crippen molar-refractivity contribution in [3.8, 4) is 6.01 Å². The third-order valence-corrected chi connectivity index (χ3v) is 2.73. The molecule has 19 heavy (non-hydrogen) atoms. The average Bonchev–Trinajstić information content (AvgIpc) is 2.81. The normalized spacial score (nSPS) is 10.4. The van der Waals surface area contributed by atoms with E-state index in [0.717, 1.165) is 5.56 Å². The predicted octanol–water partition coefficient (Wildman–Crippen LogP) is 1.34. The first-order chi connectivity index (χ1) is 9.15. The molecule has 1 aromatic heterocycles. The highest BCUT2D eigenvalue weighted by Gasteiger charge is 2.11. The maximum absolute atomic E-state index is 10.6. The van der Waals surface area contributed by atoms with E-state index in [2.05, 4.69) is 4.98 Å². The zero-order valence-electron chi connectivity index (χ0n) is 10.3. The smallest absolute Gasteiger partial charge is 0.296 e. The summed E-state index contributed by atoms with van der Waals surface area (Å²) in [5, 5.41) is 19.8. The second kappa shape index (κ2) is 5.49. The monoisotopic (exact) mass is 263 g/mol. The molecular weight excluding hydrogens is 250 g/mol. The van der Waals surface area contributed by atoms with Gasteiger partial charge in [0, 0.05) is 12.1 Å². The molecule has 0 aliphatic carbocycles. The number of hydrogen-bond acceptors (Lipinski definition) is 5. The fourth-order valence-electron chi connectivity index (χ4n) is 1.76. The molecule has 0 spiro atoms. The molecule has 100 valence electrons. The number of nitro groups is 1. The molecule has 2 rings (SSSR count). The van der Waals surface area contributed by atoms with E-state index in [1.165, 1.54) is 25.4 Å².